The van der Waals surface area contributed by atoms with Crippen LogP contribution in [0.3, 0.4) is 0 Å². The molecule has 0 radical (unpaired) electrons. The average molecular weight is 799 g/mol. The summed E-state index contributed by atoms with van der Waals surface area (Å²) in [5.74, 6) is 1.21. The maximum Gasteiger partial charge on any atom is 0.305 e. The van der Waals surface area contributed by atoms with Crippen LogP contribution in [0.5, 0.6) is 0 Å². The fourth-order valence-electron chi connectivity index (χ4n) is 7.18. The Kier molecular flexibility index (Phi) is 40.4. The summed E-state index contributed by atoms with van der Waals surface area (Å²) in [6.45, 7) is 6.95. The lowest BCUT2D eigenvalue weighted by Crippen LogP contribution is -2.03. The van der Waals surface area contributed by atoms with Gasteiger partial charge in [0.05, 0.1) is 12.1 Å². The summed E-state index contributed by atoms with van der Waals surface area (Å²) in [5, 5.41) is 1.20. The number of hydrogen-bond acceptors (Lipinski definition) is 4. The van der Waals surface area contributed by atoms with Crippen LogP contribution in [-0.2, 0) is 23.0 Å². The van der Waals surface area contributed by atoms with E-state index in [1.165, 1.54) is 197 Å². The van der Waals surface area contributed by atoms with Crippen molar-refractivity contribution < 1.29 is 9.53 Å². The number of para-hydroxylation sites is 1. The van der Waals surface area contributed by atoms with Gasteiger partial charge in [0.2, 0.25) is 0 Å². The number of nitrogens with zero attached hydrogens (tertiary/aromatic N) is 3. The number of carbonyl (C=O) groups is 1. The minimum absolute atomic E-state index is 0. The number of halogens is 1. The van der Waals surface area contributed by atoms with Crippen LogP contribution in [0.15, 0.2) is 55.0 Å². The molecule has 322 valence electrons. The molecule has 2 aromatic heterocycles. The van der Waals surface area contributed by atoms with Gasteiger partial charge in [0.15, 0.2) is 0 Å². The van der Waals surface area contributed by atoms with Crippen LogP contribution in [-0.4, -0.2) is 27.1 Å². The molecule has 2 heterocycles. The number of hydrogen-bond donors (Lipinski definition) is 0. The smallest absolute Gasteiger partial charge is 0.305 e. The van der Waals surface area contributed by atoms with Crippen LogP contribution >= 0.6 is 12.4 Å². The van der Waals surface area contributed by atoms with Crippen LogP contribution < -0.4 is 0 Å². The van der Waals surface area contributed by atoms with Crippen LogP contribution in [0.2, 0.25) is 0 Å². The van der Waals surface area contributed by atoms with Gasteiger partial charge < -0.3 is 9.30 Å². The highest BCUT2D eigenvalue weighted by molar-refractivity contribution is 5.85. The third kappa shape index (κ3) is 33.7. The van der Waals surface area contributed by atoms with Crippen LogP contribution in [0, 0.1) is 0 Å². The van der Waals surface area contributed by atoms with Crippen molar-refractivity contribution in [3.8, 4) is 0 Å². The minimum atomic E-state index is -0.0304. The fraction of sp³-hybridized carbons (Fsp3) is 0.740. The number of pyridine rings is 1. The van der Waals surface area contributed by atoms with E-state index in [1.807, 2.05) is 49.8 Å². The predicted octanol–water partition coefficient (Wildman–Crippen LogP) is 16.3. The highest BCUT2D eigenvalue weighted by atomic mass is 35.5. The molecule has 0 aliphatic rings. The van der Waals surface area contributed by atoms with Crippen molar-refractivity contribution in [3.63, 3.8) is 0 Å². The number of benzene rings is 1. The molecule has 0 aliphatic heterocycles. The van der Waals surface area contributed by atoms with E-state index in [-0.39, 0.29) is 18.4 Å². The van der Waals surface area contributed by atoms with Gasteiger partial charge >= 0.3 is 5.97 Å². The molecule has 0 unspecified atom stereocenters. The molecular weight excluding hydrogens is 710 g/mol. The monoisotopic (exact) mass is 798 g/mol. The summed E-state index contributed by atoms with van der Waals surface area (Å²) in [4.78, 5) is 19.7. The molecule has 0 amide bonds. The van der Waals surface area contributed by atoms with E-state index in [1.54, 1.807) is 0 Å². The van der Waals surface area contributed by atoms with Crippen molar-refractivity contribution in [2.24, 2.45) is 7.05 Å². The molecule has 5 nitrogen and oxygen atoms in total. The van der Waals surface area contributed by atoms with Gasteiger partial charge in [0.25, 0.3) is 0 Å². The van der Waals surface area contributed by atoms with E-state index in [0.29, 0.717) is 13.0 Å². The number of ether oxygens (including phenoxy) is 1. The number of aromatic nitrogens is 3. The van der Waals surface area contributed by atoms with Gasteiger partial charge in [0, 0.05) is 43.9 Å². The quantitative estimate of drug-likeness (QED) is 0.0455. The number of carbonyl (C=O) groups excluding carboxylic acids is 1. The van der Waals surface area contributed by atoms with Gasteiger partial charge in [0.1, 0.15) is 5.82 Å². The molecule has 0 aliphatic carbocycles. The molecule has 0 spiro atoms. The molecular formula is C50H88ClN3O2. The average Bonchev–Trinajstić information content (AvgIpc) is 3.62. The third-order valence-electron chi connectivity index (χ3n) is 10.7. The van der Waals surface area contributed by atoms with Crippen molar-refractivity contribution in [1.82, 2.24) is 14.5 Å². The number of fused-ring (bicyclic) bond motifs is 1. The Morgan fingerprint density at radius 2 is 0.929 bits per heavy atom. The highest BCUT2D eigenvalue weighted by Crippen LogP contribution is 2.16. The Hall–Kier alpha value is -2.40. The number of unbranched alkanes of at least 4 members (excludes halogenated alkanes) is 28. The Balaban J connectivity index is 0.000000855. The van der Waals surface area contributed by atoms with Crippen molar-refractivity contribution in [2.45, 2.75) is 226 Å². The van der Waals surface area contributed by atoms with E-state index in [9.17, 15) is 4.79 Å². The van der Waals surface area contributed by atoms with Gasteiger partial charge in [-0.05, 0) is 31.9 Å². The van der Waals surface area contributed by atoms with Crippen molar-refractivity contribution in [3.05, 3.63) is 60.8 Å². The highest BCUT2D eigenvalue weighted by Gasteiger charge is 2.01. The van der Waals surface area contributed by atoms with Gasteiger partial charge in [-0.15, -0.1) is 12.4 Å². The topological polar surface area (TPSA) is 57.0 Å². The predicted molar refractivity (Wildman–Crippen MR) is 247 cm³/mol. The lowest BCUT2D eigenvalue weighted by molar-refractivity contribution is -0.143. The molecule has 3 aromatic rings. The number of aryl methyl sites for hydroxylation is 2. The number of imidazole rings is 1. The first-order valence-corrected chi connectivity index (χ1v) is 23.5. The molecule has 0 atom stereocenters. The lowest BCUT2D eigenvalue weighted by Gasteiger charge is -2.04. The van der Waals surface area contributed by atoms with Gasteiger partial charge in [-0.3, -0.25) is 9.78 Å². The molecule has 56 heavy (non-hydrogen) atoms. The number of rotatable bonds is 33. The zero-order chi connectivity index (χ0) is 39.7. The molecule has 0 fully saturated rings. The second kappa shape index (κ2) is 42.2. The van der Waals surface area contributed by atoms with E-state index in [4.69, 9.17) is 4.74 Å². The maximum absolute atomic E-state index is 11.2. The summed E-state index contributed by atoms with van der Waals surface area (Å²) < 4.78 is 7.06. The first-order valence-electron chi connectivity index (χ1n) is 23.5. The standard InChI is InChI=1S/C21H40N2.C20H40O2.C9H7N.ClH/c1-3-4-5-6-7-8-9-10-11-12-13-14-15-16-17-18-21-22-19-20-23(21)2;1-3-5-6-7-8-9-10-11-12-13-14-15-16-17-18-19-20(21)22-4-2;1-2-6-9-8(4-1)5-3-7-10-9;/h19-20H,3-18H2,1-2H3;3-19H2,1-2H3;1-7H;1H. The van der Waals surface area contributed by atoms with Crippen LogP contribution in [0.25, 0.3) is 10.9 Å². The summed E-state index contributed by atoms with van der Waals surface area (Å²) in [5.41, 5.74) is 1.06. The van der Waals surface area contributed by atoms with E-state index in [0.717, 1.165) is 18.4 Å². The maximum atomic E-state index is 11.2. The second-order valence-corrected chi connectivity index (χ2v) is 15.9. The van der Waals surface area contributed by atoms with E-state index < -0.39 is 0 Å². The summed E-state index contributed by atoms with van der Waals surface area (Å²) in [6, 6.07) is 12.1. The molecule has 3 rings (SSSR count). The summed E-state index contributed by atoms with van der Waals surface area (Å²) in [7, 11) is 2.09. The molecule has 1 aromatic carbocycles. The SMILES string of the molecule is CCCCCCCCCCCCCCCCCC(=O)OCC.CCCCCCCCCCCCCCCCCc1nccn1C.Cl.c1ccc2ncccc2c1. The largest absolute Gasteiger partial charge is 0.466 e. The molecule has 0 saturated carbocycles. The zero-order valence-corrected chi connectivity index (χ0v) is 37.9. The van der Waals surface area contributed by atoms with E-state index in [2.05, 4.69) is 47.6 Å². The number of esters is 1. The van der Waals surface area contributed by atoms with Crippen LogP contribution in [0.4, 0.5) is 0 Å². The Bertz CT molecular complexity index is 1170. The molecule has 0 bridgehead atoms. The van der Waals surface area contributed by atoms with Gasteiger partial charge in [-0.25, -0.2) is 4.98 Å². The Morgan fingerprint density at radius 3 is 1.34 bits per heavy atom. The third-order valence-corrected chi connectivity index (χ3v) is 10.7. The fourth-order valence-corrected chi connectivity index (χ4v) is 7.18. The normalized spacial score (nSPS) is 10.6. The van der Waals surface area contributed by atoms with E-state index >= 15 is 0 Å². The van der Waals surface area contributed by atoms with Crippen molar-refractivity contribution >= 4 is 29.3 Å². The first kappa shape index (κ1) is 53.6. The zero-order valence-electron chi connectivity index (χ0n) is 37.1. The Labute approximate surface area is 352 Å². The van der Waals surface area contributed by atoms with Crippen molar-refractivity contribution in [2.75, 3.05) is 6.61 Å². The Morgan fingerprint density at radius 1 is 0.518 bits per heavy atom. The minimum Gasteiger partial charge on any atom is -0.466 e. The van der Waals surface area contributed by atoms with Gasteiger partial charge in [-0.2, -0.15) is 0 Å². The van der Waals surface area contributed by atoms with Crippen LogP contribution in [0.1, 0.15) is 226 Å². The molecule has 0 saturated heterocycles. The lowest BCUT2D eigenvalue weighted by atomic mass is 10.0. The molecule has 0 N–H and O–H groups in total. The molecule has 6 heteroatoms. The van der Waals surface area contributed by atoms with Gasteiger partial charge in [-0.1, -0.05) is 218 Å². The van der Waals surface area contributed by atoms with Crippen molar-refractivity contribution in [1.29, 1.82) is 0 Å². The second-order valence-electron chi connectivity index (χ2n) is 15.9. The summed E-state index contributed by atoms with van der Waals surface area (Å²) in [6.07, 6.45) is 49.3. The summed E-state index contributed by atoms with van der Waals surface area (Å²) >= 11 is 0. The first-order chi connectivity index (χ1) is 27.1.